The minimum atomic E-state index is -1.20. The lowest BCUT2D eigenvalue weighted by atomic mass is 9.97. The van der Waals surface area contributed by atoms with Crippen LogP contribution in [0.1, 0.15) is 50.5 Å². The van der Waals surface area contributed by atoms with E-state index in [1.54, 1.807) is 0 Å². The molecular weight excluding hydrogens is 306 g/mol. The normalized spacial score (nSPS) is 15.8. The summed E-state index contributed by atoms with van der Waals surface area (Å²) >= 11 is 0. The fourth-order valence-corrected chi connectivity index (χ4v) is 3.12. The molecule has 0 amide bonds. The highest BCUT2D eigenvalue weighted by Gasteiger charge is 2.25. The Labute approximate surface area is 141 Å². The van der Waals surface area contributed by atoms with Crippen molar-refractivity contribution in [2.24, 2.45) is 0 Å². The van der Waals surface area contributed by atoms with E-state index in [2.05, 4.69) is 4.72 Å². The average Bonchev–Trinajstić information content (AvgIpc) is 2.55. The Balaban J connectivity index is 2.19. The third-order valence-electron chi connectivity index (χ3n) is 3.65. The van der Waals surface area contributed by atoms with E-state index in [1.165, 1.54) is 0 Å². The lowest BCUT2D eigenvalue weighted by Gasteiger charge is -2.26. The van der Waals surface area contributed by atoms with Crippen molar-refractivity contribution in [2.75, 3.05) is 0 Å². The maximum atomic E-state index is 12.5. The molecule has 3 nitrogen and oxygen atoms in total. The molecule has 3 atom stereocenters. The summed E-state index contributed by atoms with van der Waals surface area (Å²) in [6.45, 7) is 5.81. The zero-order chi connectivity index (χ0) is 16.9. The van der Waals surface area contributed by atoms with Crippen molar-refractivity contribution in [3.8, 4) is 0 Å². The van der Waals surface area contributed by atoms with Crippen LogP contribution in [0.4, 0.5) is 0 Å². The van der Waals surface area contributed by atoms with Crippen molar-refractivity contribution in [2.45, 2.75) is 44.1 Å². The van der Waals surface area contributed by atoms with Crippen LogP contribution in [0.2, 0.25) is 0 Å². The van der Waals surface area contributed by atoms with Gasteiger partial charge >= 0.3 is 0 Å². The summed E-state index contributed by atoms with van der Waals surface area (Å²) < 4.78 is 15.3. The summed E-state index contributed by atoms with van der Waals surface area (Å²) in [4.78, 5) is 0. The van der Waals surface area contributed by atoms with Crippen molar-refractivity contribution >= 4 is 11.0 Å². The van der Waals surface area contributed by atoms with Crippen LogP contribution < -0.4 is 4.72 Å². The monoisotopic (exact) mass is 331 g/mol. The molecule has 0 saturated carbocycles. The molecule has 1 unspecified atom stereocenters. The van der Waals surface area contributed by atoms with Crippen LogP contribution in [-0.4, -0.2) is 14.1 Å². The average molecular weight is 331 g/mol. The van der Waals surface area contributed by atoms with Gasteiger partial charge < -0.3 is 5.11 Å². The molecule has 0 bridgehead atoms. The lowest BCUT2D eigenvalue weighted by molar-refractivity contribution is 0.155. The van der Waals surface area contributed by atoms with E-state index in [-0.39, 0.29) is 10.8 Å². The van der Waals surface area contributed by atoms with Crippen molar-refractivity contribution in [1.82, 2.24) is 4.72 Å². The number of nitrogens with one attached hydrogen (secondary N) is 1. The summed E-state index contributed by atoms with van der Waals surface area (Å²) in [6.07, 6.45) is -0.138. The molecule has 23 heavy (non-hydrogen) atoms. The SMILES string of the molecule is CC(C)(C)S(=O)N[C@@H](C[C@@H](O)c1ccccc1)c1ccccc1. The van der Waals surface area contributed by atoms with Gasteiger partial charge in [0.25, 0.3) is 0 Å². The van der Waals surface area contributed by atoms with E-state index < -0.39 is 17.1 Å². The Morgan fingerprint density at radius 2 is 1.43 bits per heavy atom. The fraction of sp³-hybridized carbons (Fsp3) is 0.368. The quantitative estimate of drug-likeness (QED) is 0.843. The van der Waals surface area contributed by atoms with E-state index in [0.29, 0.717) is 6.42 Å². The number of aliphatic hydroxyl groups excluding tert-OH is 1. The second-order valence-corrected chi connectivity index (χ2v) is 8.62. The number of rotatable bonds is 6. The number of aliphatic hydroxyl groups is 1. The summed E-state index contributed by atoms with van der Waals surface area (Å²) in [5, 5.41) is 10.5. The van der Waals surface area contributed by atoms with Gasteiger partial charge in [0, 0.05) is 6.04 Å². The van der Waals surface area contributed by atoms with Gasteiger partial charge in [-0.05, 0) is 38.3 Å². The second-order valence-electron chi connectivity index (χ2n) is 6.62. The van der Waals surface area contributed by atoms with Gasteiger partial charge in [-0.25, -0.2) is 8.93 Å². The van der Waals surface area contributed by atoms with Crippen molar-refractivity contribution in [3.63, 3.8) is 0 Å². The molecule has 0 aliphatic heterocycles. The standard InChI is InChI=1S/C19H25NO2S/c1-19(2,3)23(22)20-17(15-10-6-4-7-11-15)14-18(21)16-12-8-5-9-13-16/h4-13,17-18,20-21H,14H2,1-3H3/t17-,18+,23?/m0/s1. The Kier molecular flexibility index (Phi) is 6.10. The molecule has 2 aromatic carbocycles. The van der Waals surface area contributed by atoms with Gasteiger partial charge in [-0.2, -0.15) is 0 Å². The first-order valence-corrected chi connectivity index (χ1v) is 8.99. The molecule has 2 aromatic rings. The first-order valence-electron chi connectivity index (χ1n) is 7.84. The van der Waals surface area contributed by atoms with Crippen molar-refractivity contribution in [3.05, 3.63) is 71.8 Å². The van der Waals surface area contributed by atoms with Crippen molar-refractivity contribution < 1.29 is 9.32 Å². The number of hydrogen-bond acceptors (Lipinski definition) is 2. The zero-order valence-corrected chi connectivity index (χ0v) is 14.7. The molecule has 0 saturated heterocycles. The molecule has 124 valence electrons. The van der Waals surface area contributed by atoms with Crippen LogP contribution in [-0.2, 0) is 11.0 Å². The van der Waals surface area contributed by atoms with Gasteiger partial charge in [-0.3, -0.25) is 0 Å². The molecule has 0 fully saturated rings. The van der Waals surface area contributed by atoms with E-state index >= 15 is 0 Å². The fourth-order valence-electron chi connectivity index (χ4n) is 2.28. The Hall–Kier alpha value is -1.49. The predicted octanol–water partition coefficient (Wildman–Crippen LogP) is 3.90. The van der Waals surface area contributed by atoms with Crippen LogP contribution in [0.3, 0.4) is 0 Å². The van der Waals surface area contributed by atoms with Gasteiger partial charge in [0.1, 0.15) is 0 Å². The van der Waals surface area contributed by atoms with Gasteiger partial charge in [0.05, 0.1) is 21.8 Å². The van der Waals surface area contributed by atoms with Crippen LogP contribution in [0.25, 0.3) is 0 Å². The van der Waals surface area contributed by atoms with Gasteiger partial charge in [-0.15, -0.1) is 0 Å². The molecule has 0 heterocycles. The highest BCUT2D eigenvalue weighted by Crippen LogP contribution is 2.27. The number of benzene rings is 2. The molecular formula is C19H25NO2S. The van der Waals surface area contributed by atoms with E-state index in [9.17, 15) is 9.32 Å². The first kappa shape index (κ1) is 17.9. The first-order chi connectivity index (χ1) is 10.9. The van der Waals surface area contributed by atoms with E-state index in [0.717, 1.165) is 11.1 Å². The number of hydrogen-bond donors (Lipinski definition) is 2. The molecule has 2 N–H and O–H groups in total. The third kappa shape index (κ3) is 5.27. The van der Waals surface area contributed by atoms with Gasteiger partial charge in [0.2, 0.25) is 0 Å². The lowest BCUT2D eigenvalue weighted by Crippen LogP contribution is -2.36. The summed E-state index contributed by atoms with van der Waals surface area (Å²) in [7, 11) is -1.20. The second kappa shape index (κ2) is 7.86. The smallest absolute Gasteiger partial charge is 0.0975 e. The molecule has 0 aromatic heterocycles. The van der Waals surface area contributed by atoms with E-state index in [1.807, 2.05) is 81.4 Å². The van der Waals surface area contributed by atoms with Gasteiger partial charge in [0.15, 0.2) is 0 Å². The summed E-state index contributed by atoms with van der Waals surface area (Å²) in [5.74, 6) is 0. The van der Waals surface area contributed by atoms with Crippen LogP contribution in [0, 0.1) is 0 Å². The van der Waals surface area contributed by atoms with Crippen LogP contribution >= 0.6 is 0 Å². The van der Waals surface area contributed by atoms with Crippen molar-refractivity contribution in [1.29, 1.82) is 0 Å². The van der Waals surface area contributed by atoms with Crippen LogP contribution in [0.15, 0.2) is 60.7 Å². The Morgan fingerprint density at radius 3 is 1.91 bits per heavy atom. The maximum absolute atomic E-state index is 12.5. The third-order valence-corrected chi connectivity index (χ3v) is 5.26. The molecule has 0 spiro atoms. The van der Waals surface area contributed by atoms with Gasteiger partial charge in [-0.1, -0.05) is 60.7 Å². The minimum Gasteiger partial charge on any atom is -0.388 e. The minimum absolute atomic E-state index is 0.175. The molecule has 0 aliphatic carbocycles. The molecule has 0 aliphatic rings. The van der Waals surface area contributed by atoms with E-state index in [4.69, 9.17) is 0 Å². The molecule has 0 radical (unpaired) electrons. The highest BCUT2D eigenvalue weighted by molar-refractivity contribution is 7.84. The van der Waals surface area contributed by atoms with Crippen LogP contribution in [0.5, 0.6) is 0 Å². The maximum Gasteiger partial charge on any atom is 0.0975 e. The summed E-state index contributed by atoms with van der Waals surface area (Å²) in [6, 6.07) is 19.3. The Bertz CT molecular complexity index is 623. The topological polar surface area (TPSA) is 49.3 Å². The predicted molar refractivity (Wildman–Crippen MR) is 96.2 cm³/mol. The molecule has 4 heteroatoms. The Morgan fingerprint density at radius 1 is 0.957 bits per heavy atom. The largest absolute Gasteiger partial charge is 0.388 e. The molecule has 2 rings (SSSR count). The summed E-state index contributed by atoms with van der Waals surface area (Å²) in [5.41, 5.74) is 1.90. The zero-order valence-electron chi connectivity index (χ0n) is 13.9. The highest BCUT2D eigenvalue weighted by atomic mass is 32.2.